The molecule has 0 spiro atoms. The maximum Gasteiger partial charge on any atom is 0.341 e. The maximum atomic E-state index is 12.2. The Morgan fingerprint density at radius 3 is 2.70 bits per heavy atom. The second-order valence-corrected chi connectivity index (χ2v) is 5.93. The molecule has 0 bridgehead atoms. The molecule has 7 heteroatoms. The number of nitrogens with one attached hydrogen (secondary N) is 1. The van der Waals surface area contributed by atoms with E-state index in [1.165, 1.54) is 23.5 Å². The minimum Gasteiger partial charge on any atom is -0.462 e. The third-order valence-corrected chi connectivity index (χ3v) is 4.13. The van der Waals surface area contributed by atoms with Gasteiger partial charge in [-0.15, -0.1) is 11.3 Å². The van der Waals surface area contributed by atoms with Crippen LogP contribution < -0.4 is 5.32 Å². The van der Waals surface area contributed by atoms with E-state index in [1.54, 1.807) is 13.8 Å². The number of hydrogen-bond acceptors (Lipinski definition) is 6. The fourth-order valence-corrected chi connectivity index (χ4v) is 3.10. The fourth-order valence-electron chi connectivity index (χ4n) is 2.06. The number of anilines is 1. The van der Waals surface area contributed by atoms with E-state index in [0.717, 1.165) is 18.4 Å². The van der Waals surface area contributed by atoms with Crippen LogP contribution in [0.3, 0.4) is 0 Å². The van der Waals surface area contributed by atoms with E-state index in [2.05, 4.69) is 5.32 Å². The zero-order valence-electron chi connectivity index (χ0n) is 13.1. The van der Waals surface area contributed by atoms with Crippen molar-refractivity contribution in [3.05, 3.63) is 28.7 Å². The molecule has 0 aliphatic heterocycles. The number of ether oxygens (including phenoxy) is 2. The lowest BCUT2D eigenvalue weighted by atomic mass is 10.1. The van der Waals surface area contributed by atoms with Gasteiger partial charge in [-0.1, -0.05) is 6.08 Å². The van der Waals surface area contributed by atoms with Gasteiger partial charge >= 0.3 is 11.9 Å². The van der Waals surface area contributed by atoms with Crippen LogP contribution >= 0.6 is 11.3 Å². The molecule has 6 nitrogen and oxygen atoms in total. The first kappa shape index (κ1) is 17.2. The van der Waals surface area contributed by atoms with E-state index in [4.69, 9.17) is 9.47 Å². The lowest BCUT2D eigenvalue weighted by molar-refractivity contribution is -0.142. The summed E-state index contributed by atoms with van der Waals surface area (Å²) in [5.74, 6) is -1.14. The Labute approximate surface area is 138 Å². The standard InChI is InChI=1S/C16H19NO5S/c1-3-5-13(19)22-8-12(18)17-15-14(16(20)21-4-2)11(9-23-15)10-6-7-10/h3,5,9-10H,4,6-8H2,1-2H3,(H,17,18)/b5-3+. The second-order valence-electron chi connectivity index (χ2n) is 5.05. The summed E-state index contributed by atoms with van der Waals surface area (Å²) in [6, 6.07) is 0. The number of thiophene rings is 1. The Hall–Kier alpha value is -2.15. The number of carbonyl (C=O) groups is 3. The summed E-state index contributed by atoms with van der Waals surface area (Å²) in [5, 5.41) is 4.95. The van der Waals surface area contributed by atoms with Crippen LogP contribution in [0.2, 0.25) is 0 Å². The number of rotatable bonds is 7. The van der Waals surface area contributed by atoms with Crippen LogP contribution in [-0.4, -0.2) is 31.1 Å². The highest BCUT2D eigenvalue weighted by atomic mass is 32.1. The van der Waals surface area contributed by atoms with Crippen LogP contribution in [-0.2, 0) is 19.1 Å². The van der Waals surface area contributed by atoms with Gasteiger partial charge in [0.1, 0.15) is 5.00 Å². The first-order valence-electron chi connectivity index (χ1n) is 7.44. The Balaban J connectivity index is 2.05. The molecule has 1 heterocycles. The molecular formula is C16H19NO5S. The maximum absolute atomic E-state index is 12.2. The van der Waals surface area contributed by atoms with E-state index in [9.17, 15) is 14.4 Å². The molecule has 124 valence electrons. The van der Waals surface area contributed by atoms with Crippen molar-refractivity contribution in [1.82, 2.24) is 0 Å². The van der Waals surface area contributed by atoms with E-state index >= 15 is 0 Å². The van der Waals surface area contributed by atoms with Gasteiger partial charge < -0.3 is 14.8 Å². The molecule has 23 heavy (non-hydrogen) atoms. The van der Waals surface area contributed by atoms with Crippen LogP contribution in [0.1, 0.15) is 48.5 Å². The molecular weight excluding hydrogens is 318 g/mol. The summed E-state index contributed by atoms with van der Waals surface area (Å²) >= 11 is 1.28. The third kappa shape index (κ3) is 4.66. The van der Waals surface area contributed by atoms with E-state index < -0.39 is 24.5 Å². The number of hydrogen-bond donors (Lipinski definition) is 1. The molecule has 0 aromatic carbocycles. The summed E-state index contributed by atoms with van der Waals surface area (Å²) in [6.45, 7) is 3.28. The van der Waals surface area contributed by atoms with E-state index in [0.29, 0.717) is 16.5 Å². The second kappa shape index (κ2) is 7.92. The van der Waals surface area contributed by atoms with Crippen LogP contribution in [0, 0.1) is 0 Å². The molecule has 2 rings (SSSR count). The molecule has 1 fully saturated rings. The van der Waals surface area contributed by atoms with Gasteiger partial charge in [-0.2, -0.15) is 0 Å². The average Bonchev–Trinajstić information content (AvgIpc) is 3.27. The van der Waals surface area contributed by atoms with Crippen LogP contribution in [0.15, 0.2) is 17.5 Å². The van der Waals surface area contributed by atoms with Crippen molar-refractivity contribution in [3.63, 3.8) is 0 Å². The highest BCUT2D eigenvalue weighted by molar-refractivity contribution is 7.15. The molecule has 0 radical (unpaired) electrons. The van der Waals surface area contributed by atoms with Crippen molar-refractivity contribution in [1.29, 1.82) is 0 Å². The Bertz CT molecular complexity index is 630. The SMILES string of the molecule is C/C=C/C(=O)OCC(=O)Nc1scc(C2CC2)c1C(=O)OCC. The summed E-state index contributed by atoms with van der Waals surface area (Å²) in [5.41, 5.74) is 1.35. The molecule has 1 saturated carbocycles. The van der Waals surface area contributed by atoms with E-state index in [-0.39, 0.29) is 6.61 Å². The lowest BCUT2D eigenvalue weighted by Gasteiger charge is -2.08. The predicted octanol–water partition coefficient (Wildman–Crippen LogP) is 2.86. The van der Waals surface area contributed by atoms with Crippen molar-refractivity contribution in [2.75, 3.05) is 18.5 Å². The van der Waals surface area contributed by atoms with Crippen molar-refractivity contribution < 1.29 is 23.9 Å². The zero-order chi connectivity index (χ0) is 16.8. The summed E-state index contributed by atoms with van der Waals surface area (Å²) in [7, 11) is 0. The predicted molar refractivity (Wildman–Crippen MR) is 86.7 cm³/mol. The van der Waals surface area contributed by atoms with Gasteiger partial charge in [0.15, 0.2) is 6.61 Å². The Kier molecular flexibility index (Phi) is 5.92. The topological polar surface area (TPSA) is 81.7 Å². The average molecular weight is 337 g/mol. The van der Waals surface area contributed by atoms with Crippen molar-refractivity contribution in [2.45, 2.75) is 32.6 Å². The van der Waals surface area contributed by atoms with Crippen molar-refractivity contribution >= 4 is 34.2 Å². The minimum atomic E-state index is -0.585. The first-order chi connectivity index (χ1) is 11.1. The molecule has 0 atom stereocenters. The summed E-state index contributed by atoms with van der Waals surface area (Å²) in [4.78, 5) is 35.2. The van der Waals surface area contributed by atoms with Gasteiger partial charge in [0.05, 0.1) is 12.2 Å². The molecule has 1 aromatic heterocycles. The number of allylic oxidation sites excluding steroid dienone is 1. The summed E-state index contributed by atoms with van der Waals surface area (Å²) < 4.78 is 9.86. The third-order valence-electron chi connectivity index (χ3n) is 3.22. The fraction of sp³-hybridized carbons (Fsp3) is 0.438. The first-order valence-corrected chi connectivity index (χ1v) is 8.32. The highest BCUT2D eigenvalue weighted by Crippen LogP contribution is 2.46. The Morgan fingerprint density at radius 1 is 1.35 bits per heavy atom. The summed E-state index contributed by atoms with van der Waals surface area (Å²) in [6.07, 6.45) is 4.84. The number of carbonyl (C=O) groups excluding carboxylic acids is 3. The van der Waals surface area contributed by atoms with E-state index in [1.807, 2.05) is 5.38 Å². The molecule has 1 aliphatic rings. The molecule has 0 unspecified atom stereocenters. The molecule has 1 aromatic rings. The largest absolute Gasteiger partial charge is 0.462 e. The van der Waals surface area contributed by atoms with Crippen molar-refractivity contribution in [3.8, 4) is 0 Å². The normalized spacial score (nSPS) is 13.8. The highest BCUT2D eigenvalue weighted by Gasteiger charge is 2.32. The Morgan fingerprint density at radius 2 is 2.09 bits per heavy atom. The molecule has 1 N–H and O–H groups in total. The monoisotopic (exact) mass is 337 g/mol. The van der Waals surface area contributed by atoms with Gasteiger partial charge in [-0.3, -0.25) is 4.79 Å². The molecule has 0 saturated heterocycles. The van der Waals surface area contributed by atoms with Crippen LogP contribution in [0.25, 0.3) is 0 Å². The van der Waals surface area contributed by atoms with Gasteiger partial charge in [0.25, 0.3) is 5.91 Å². The van der Waals surface area contributed by atoms with Crippen LogP contribution in [0.5, 0.6) is 0 Å². The van der Waals surface area contributed by atoms with Crippen molar-refractivity contribution in [2.24, 2.45) is 0 Å². The quantitative estimate of drug-likeness (QED) is 0.611. The molecule has 1 aliphatic carbocycles. The van der Waals surface area contributed by atoms with Gasteiger partial charge in [-0.05, 0) is 43.6 Å². The zero-order valence-corrected chi connectivity index (χ0v) is 13.9. The van der Waals surface area contributed by atoms with Gasteiger partial charge in [0, 0.05) is 6.08 Å². The van der Waals surface area contributed by atoms with Gasteiger partial charge in [-0.25, -0.2) is 9.59 Å². The van der Waals surface area contributed by atoms with Gasteiger partial charge in [0.2, 0.25) is 0 Å². The smallest absolute Gasteiger partial charge is 0.341 e. The number of amides is 1. The minimum absolute atomic E-state index is 0.271. The molecule has 1 amide bonds. The van der Waals surface area contributed by atoms with Crippen LogP contribution in [0.4, 0.5) is 5.00 Å². The lowest BCUT2D eigenvalue weighted by Crippen LogP contribution is -2.21. The number of esters is 2.